The zero-order chi connectivity index (χ0) is 11.8. The highest BCUT2D eigenvalue weighted by atomic mass is 79.9. The molecule has 88 valence electrons. The number of rotatable bonds is 1. The van der Waals surface area contributed by atoms with Crippen LogP contribution in [0.5, 0.6) is 0 Å². The SMILES string of the molecule is C[C@H]1CN(c2ccc(Br)cn2)CCS1(=O)=O. The van der Waals surface area contributed by atoms with Crippen molar-refractivity contribution in [1.29, 1.82) is 0 Å². The van der Waals surface area contributed by atoms with E-state index in [0.717, 1.165) is 10.3 Å². The molecule has 1 aromatic rings. The zero-order valence-corrected chi connectivity index (χ0v) is 11.3. The third-order valence-corrected chi connectivity index (χ3v) is 5.37. The van der Waals surface area contributed by atoms with Crippen LogP contribution >= 0.6 is 15.9 Å². The van der Waals surface area contributed by atoms with Crippen LogP contribution in [0.3, 0.4) is 0 Å². The van der Waals surface area contributed by atoms with Gasteiger partial charge in [0, 0.05) is 23.8 Å². The minimum atomic E-state index is -2.89. The molecule has 1 aliphatic heterocycles. The van der Waals surface area contributed by atoms with Gasteiger partial charge in [0.25, 0.3) is 0 Å². The second-order valence-electron chi connectivity index (χ2n) is 3.96. The molecule has 0 bridgehead atoms. The molecular weight excluding hydrogens is 292 g/mol. The molecule has 0 amide bonds. The summed E-state index contributed by atoms with van der Waals surface area (Å²) in [6.07, 6.45) is 1.73. The normalized spacial score (nSPS) is 24.4. The van der Waals surface area contributed by atoms with Gasteiger partial charge in [0.15, 0.2) is 9.84 Å². The molecule has 0 aromatic carbocycles. The molecule has 0 unspecified atom stereocenters. The fourth-order valence-corrected chi connectivity index (χ4v) is 3.24. The molecule has 0 radical (unpaired) electrons. The predicted molar refractivity (Wildman–Crippen MR) is 67.4 cm³/mol. The van der Waals surface area contributed by atoms with Gasteiger partial charge in [-0.05, 0) is 35.0 Å². The molecule has 0 aliphatic carbocycles. The van der Waals surface area contributed by atoms with E-state index in [-0.39, 0.29) is 11.0 Å². The minimum absolute atomic E-state index is 0.214. The molecular formula is C10H13BrN2O2S. The highest BCUT2D eigenvalue weighted by Gasteiger charge is 2.29. The Morgan fingerprint density at radius 3 is 2.81 bits per heavy atom. The van der Waals surface area contributed by atoms with E-state index in [1.165, 1.54) is 0 Å². The van der Waals surface area contributed by atoms with Crippen molar-refractivity contribution in [3.05, 3.63) is 22.8 Å². The Morgan fingerprint density at radius 2 is 2.25 bits per heavy atom. The van der Waals surface area contributed by atoms with Crippen molar-refractivity contribution in [3.8, 4) is 0 Å². The van der Waals surface area contributed by atoms with Crippen LogP contribution in [0.25, 0.3) is 0 Å². The average molecular weight is 305 g/mol. The molecule has 1 fully saturated rings. The lowest BCUT2D eigenvalue weighted by Gasteiger charge is -2.31. The Morgan fingerprint density at radius 1 is 1.50 bits per heavy atom. The van der Waals surface area contributed by atoms with Crippen molar-refractivity contribution >= 4 is 31.6 Å². The molecule has 1 atom stereocenters. The molecule has 0 saturated carbocycles. The quantitative estimate of drug-likeness (QED) is 0.788. The van der Waals surface area contributed by atoms with E-state index >= 15 is 0 Å². The number of nitrogens with zero attached hydrogens (tertiary/aromatic N) is 2. The maximum atomic E-state index is 11.6. The maximum Gasteiger partial charge on any atom is 0.156 e. The van der Waals surface area contributed by atoms with E-state index in [9.17, 15) is 8.42 Å². The Balaban J connectivity index is 2.16. The number of hydrogen-bond acceptors (Lipinski definition) is 4. The number of anilines is 1. The van der Waals surface area contributed by atoms with Crippen LogP contribution in [0.1, 0.15) is 6.92 Å². The molecule has 0 N–H and O–H groups in total. The molecule has 2 rings (SSSR count). The van der Waals surface area contributed by atoms with Gasteiger partial charge in [-0.15, -0.1) is 0 Å². The summed E-state index contributed by atoms with van der Waals surface area (Å²) in [6, 6.07) is 3.81. The highest BCUT2D eigenvalue weighted by Crippen LogP contribution is 2.19. The number of hydrogen-bond donors (Lipinski definition) is 0. The summed E-state index contributed by atoms with van der Waals surface area (Å²) >= 11 is 3.32. The fraction of sp³-hybridized carbons (Fsp3) is 0.500. The van der Waals surface area contributed by atoms with Crippen molar-refractivity contribution in [3.63, 3.8) is 0 Å². The highest BCUT2D eigenvalue weighted by molar-refractivity contribution is 9.10. The van der Waals surface area contributed by atoms with Crippen LogP contribution in [0.4, 0.5) is 5.82 Å². The summed E-state index contributed by atoms with van der Waals surface area (Å²) in [5.74, 6) is 1.05. The monoisotopic (exact) mass is 304 g/mol. The molecule has 16 heavy (non-hydrogen) atoms. The first-order chi connectivity index (χ1) is 7.49. The second kappa shape index (κ2) is 4.33. The number of pyridine rings is 1. The Hall–Kier alpha value is -0.620. The summed E-state index contributed by atoms with van der Waals surface area (Å²) in [5.41, 5.74) is 0. The van der Waals surface area contributed by atoms with Crippen molar-refractivity contribution in [1.82, 2.24) is 4.98 Å². The van der Waals surface area contributed by atoms with Crippen LogP contribution < -0.4 is 4.90 Å². The van der Waals surface area contributed by atoms with Crippen molar-refractivity contribution in [2.75, 3.05) is 23.7 Å². The van der Waals surface area contributed by atoms with Crippen LogP contribution in [0, 0.1) is 0 Å². The summed E-state index contributed by atoms with van der Waals surface area (Å²) in [4.78, 5) is 6.28. The van der Waals surface area contributed by atoms with Crippen molar-refractivity contribution in [2.45, 2.75) is 12.2 Å². The first-order valence-electron chi connectivity index (χ1n) is 5.07. The molecule has 2 heterocycles. The van der Waals surface area contributed by atoms with Crippen LogP contribution in [-0.2, 0) is 9.84 Å². The van der Waals surface area contributed by atoms with E-state index in [2.05, 4.69) is 20.9 Å². The summed E-state index contributed by atoms with van der Waals surface area (Å²) in [7, 11) is -2.89. The molecule has 0 spiro atoms. The van der Waals surface area contributed by atoms with Crippen LogP contribution in [-0.4, -0.2) is 37.5 Å². The van der Waals surface area contributed by atoms with Gasteiger partial charge in [-0.3, -0.25) is 0 Å². The first-order valence-corrected chi connectivity index (χ1v) is 7.58. The molecule has 6 heteroatoms. The number of halogens is 1. The number of aromatic nitrogens is 1. The standard InChI is InChI=1S/C10H13BrN2O2S/c1-8-7-13(4-5-16(8,14)15)10-3-2-9(11)6-12-10/h2-3,6,8H,4-5,7H2,1H3/t8-/m0/s1. The molecule has 1 aliphatic rings. The Bertz CT molecular complexity index is 472. The third-order valence-electron chi connectivity index (χ3n) is 2.77. The lowest BCUT2D eigenvalue weighted by atomic mass is 10.3. The van der Waals surface area contributed by atoms with Gasteiger partial charge >= 0.3 is 0 Å². The van der Waals surface area contributed by atoms with E-state index in [1.54, 1.807) is 13.1 Å². The van der Waals surface area contributed by atoms with Gasteiger partial charge in [0.2, 0.25) is 0 Å². The van der Waals surface area contributed by atoms with E-state index in [0.29, 0.717) is 13.1 Å². The van der Waals surface area contributed by atoms with Gasteiger partial charge in [0.1, 0.15) is 5.82 Å². The molecule has 4 nitrogen and oxygen atoms in total. The topological polar surface area (TPSA) is 50.3 Å². The largest absolute Gasteiger partial charge is 0.354 e. The van der Waals surface area contributed by atoms with Gasteiger partial charge in [-0.2, -0.15) is 0 Å². The van der Waals surface area contributed by atoms with Gasteiger partial charge in [-0.1, -0.05) is 0 Å². The van der Waals surface area contributed by atoms with Gasteiger partial charge in [0.05, 0.1) is 11.0 Å². The first kappa shape index (κ1) is 11.9. The van der Waals surface area contributed by atoms with Crippen LogP contribution in [0.15, 0.2) is 22.8 Å². The lowest BCUT2D eigenvalue weighted by molar-refractivity contribution is 0.568. The molecule has 1 saturated heterocycles. The third kappa shape index (κ3) is 2.38. The fourth-order valence-electron chi connectivity index (χ4n) is 1.72. The Kier molecular flexibility index (Phi) is 3.21. The van der Waals surface area contributed by atoms with Crippen molar-refractivity contribution < 1.29 is 8.42 Å². The Labute approximate surface area is 104 Å². The lowest BCUT2D eigenvalue weighted by Crippen LogP contribution is -2.45. The molecule has 1 aromatic heterocycles. The predicted octanol–water partition coefficient (Wildman–Crippen LogP) is 1.47. The second-order valence-corrected chi connectivity index (χ2v) is 7.41. The van der Waals surface area contributed by atoms with E-state index in [4.69, 9.17) is 0 Å². The van der Waals surface area contributed by atoms with Crippen molar-refractivity contribution in [2.24, 2.45) is 0 Å². The summed E-state index contributed by atoms with van der Waals surface area (Å²) in [5, 5.41) is -0.313. The zero-order valence-electron chi connectivity index (χ0n) is 8.93. The minimum Gasteiger partial charge on any atom is -0.354 e. The summed E-state index contributed by atoms with van der Waals surface area (Å²) < 4.78 is 24.0. The average Bonchev–Trinajstić information content (AvgIpc) is 2.24. The van der Waals surface area contributed by atoms with E-state index < -0.39 is 9.84 Å². The smallest absolute Gasteiger partial charge is 0.156 e. The van der Waals surface area contributed by atoms with Gasteiger partial charge < -0.3 is 4.90 Å². The summed E-state index contributed by atoms with van der Waals surface area (Å²) in [6.45, 7) is 2.80. The van der Waals surface area contributed by atoms with Crippen LogP contribution in [0.2, 0.25) is 0 Å². The van der Waals surface area contributed by atoms with Gasteiger partial charge in [-0.25, -0.2) is 13.4 Å². The maximum absolute atomic E-state index is 11.6. The van der Waals surface area contributed by atoms with E-state index in [1.807, 2.05) is 17.0 Å². The number of sulfone groups is 1.